The van der Waals surface area contributed by atoms with Gasteiger partial charge in [-0.2, -0.15) is 13.2 Å². The molecular formula is C16H21F4IN4. The highest BCUT2D eigenvalue weighted by Gasteiger charge is 2.63. The molecule has 1 heterocycles. The molecule has 1 aliphatic carbocycles. The van der Waals surface area contributed by atoms with Gasteiger partial charge in [0.1, 0.15) is 5.82 Å². The second-order valence-corrected chi connectivity index (χ2v) is 6.40. The fraction of sp³-hybridized carbons (Fsp3) is 0.562. The zero-order chi connectivity index (χ0) is 17.4. The van der Waals surface area contributed by atoms with Crippen molar-refractivity contribution in [3.05, 3.63) is 30.1 Å². The van der Waals surface area contributed by atoms with E-state index in [1.165, 1.54) is 12.1 Å². The predicted molar refractivity (Wildman–Crippen MR) is 99.8 cm³/mol. The number of benzene rings is 1. The van der Waals surface area contributed by atoms with Crippen molar-refractivity contribution in [1.29, 1.82) is 0 Å². The minimum atomic E-state index is -4.21. The summed E-state index contributed by atoms with van der Waals surface area (Å²) >= 11 is 0. The van der Waals surface area contributed by atoms with E-state index in [1.807, 2.05) is 0 Å². The van der Waals surface area contributed by atoms with E-state index in [4.69, 9.17) is 5.73 Å². The monoisotopic (exact) mass is 472 g/mol. The van der Waals surface area contributed by atoms with Gasteiger partial charge in [-0.15, -0.1) is 24.0 Å². The van der Waals surface area contributed by atoms with Crippen LogP contribution in [0.3, 0.4) is 0 Å². The molecule has 0 bridgehead atoms. The molecule has 2 N–H and O–H groups in total. The third-order valence-electron chi connectivity index (χ3n) is 4.79. The van der Waals surface area contributed by atoms with E-state index in [-0.39, 0.29) is 55.1 Å². The summed E-state index contributed by atoms with van der Waals surface area (Å²) in [6, 6.07) is 6.23. The van der Waals surface area contributed by atoms with Crippen molar-refractivity contribution in [1.82, 2.24) is 4.90 Å². The summed E-state index contributed by atoms with van der Waals surface area (Å²) < 4.78 is 51.6. The van der Waals surface area contributed by atoms with Crippen molar-refractivity contribution >= 4 is 35.6 Å². The molecule has 1 saturated carbocycles. The van der Waals surface area contributed by atoms with Crippen LogP contribution < -0.4 is 10.6 Å². The number of hydrogen-bond donors (Lipinski definition) is 1. The molecular weight excluding hydrogens is 451 g/mol. The molecule has 140 valence electrons. The van der Waals surface area contributed by atoms with Crippen LogP contribution >= 0.6 is 24.0 Å². The highest BCUT2D eigenvalue weighted by molar-refractivity contribution is 14.0. The smallest absolute Gasteiger partial charge is 0.370 e. The third kappa shape index (κ3) is 4.48. The van der Waals surface area contributed by atoms with E-state index < -0.39 is 11.6 Å². The maximum Gasteiger partial charge on any atom is 0.396 e. The Morgan fingerprint density at radius 2 is 1.64 bits per heavy atom. The number of rotatable bonds is 3. The fourth-order valence-electron chi connectivity index (χ4n) is 2.86. The first-order chi connectivity index (χ1) is 11.3. The topological polar surface area (TPSA) is 44.9 Å². The summed E-state index contributed by atoms with van der Waals surface area (Å²) in [6.45, 7) is 2.18. The number of anilines is 1. The molecule has 3 rings (SSSR count). The van der Waals surface area contributed by atoms with Crippen molar-refractivity contribution in [3.8, 4) is 0 Å². The lowest BCUT2D eigenvalue weighted by molar-refractivity contribution is -0.183. The summed E-state index contributed by atoms with van der Waals surface area (Å²) in [4.78, 5) is 7.87. The quantitative estimate of drug-likeness (QED) is 0.318. The zero-order valence-corrected chi connectivity index (χ0v) is 15.9. The molecule has 2 fully saturated rings. The molecule has 1 aliphatic heterocycles. The number of nitrogens with zero attached hydrogens (tertiary/aromatic N) is 3. The van der Waals surface area contributed by atoms with E-state index >= 15 is 0 Å². The van der Waals surface area contributed by atoms with Crippen LogP contribution in [0, 0.1) is 11.2 Å². The van der Waals surface area contributed by atoms with Gasteiger partial charge in [0.25, 0.3) is 0 Å². The van der Waals surface area contributed by atoms with Gasteiger partial charge in [-0.3, -0.25) is 4.99 Å². The number of nitrogens with two attached hydrogens (primary N) is 1. The lowest BCUT2D eigenvalue weighted by Crippen LogP contribution is -2.51. The van der Waals surface area contributed by atoms with Crippen molar-refractivity contribution in [3.63, 3.8) is 0 Å². The second-order valence-electron chi connectivity index (χ2n) is 6.40. The number of piperazine rings is 1. The van der Waals surface area contributed by atoms with Crippen molar-refractivity contribution in [2.24, 2.45) is 16.1 Å². The van der Waals surface area contributed by atoms with Crippen LogP contribution in [0.2, 0.25) is 0 Å². The number of hydrogen-bond acceptors (Lipinski definition) is 2. The highest BCUT2D eigenvalue weighted by atomic mass is 127. The van der Waals surface area contributed by atoms with E-state index in [9.17, 15) is 17.6 Å². The van der Waals surface area contributed by atoms with Gasteiger partial charge in [-0.1, -0.05) is 0 Å². The highest BCUT2D eigenvalue weighted by Crippen LogP contribution is 2.57. The minimum absolute atomic E-state index is 0. The molecule has 25 heavy (non-hydrogen) atoms. The summed E-state index contributed by atoms with van der Waals surface area (Å²) in [7, 11) is 0. The average molecular weight is 472 g/mol. The SMILES string of the molecule is I.NC(=NCC1(C(F)(F)F)CC1)N1CCN(c2ccc(F)cc2)CC1. The first kappa shape index (κ1) is 20.1. The number of alkyl halides is 3. The molecule has 0 amide bonds. The average Bonchev–Trinajstić information content (AvgIpc) is 3.35. The lowest BCUT2D eigenvalue weighted by Gasteiger charge is -2.36. The minimum Gasteiger partial charge on any atom is -0.370 e. The normalized spacial score (nSPS) is 20.2. The van der Waals surface area contributed by atoms with Gasteiger partial charge in [0.2, 0.25) is 0 Å². The predicted octanol–water partition coefficient (Wildman–Crippen LogP) is 3.22. The van der Waals surface area contributed by atoms with E-state index in [0.29, 0.717) is 26.2 Å². The Hall–Kier alpha value is -1.26. The molecule has 0 atom stereocenters. The summed E-state index contributed by atoms with van der Waals surface area (Å²) in [6.07, 6.45) is -3.95. The molecule has 4 nitrogen and oxygen atoms in total. The van der Waals surface area contributed by atoms with Crippen molar-refractivity contribution in [2.45, 2.75) is 19.0 Å². The largest absolute Gasteiger partial charge is 0.396 e. The number of guanidine groups is 1. The van der Waals surface area contributed by atoms with Crippen LogP contribution in [0.4, 0.5) is 23.2 Å². The van der Waals surface area contributed by atoms with Gasteiger partial charge >= 0.3 is 6.18 Å². The third-order valence-corrected chi connectivity index (χ3v) is 4.79. The van der Waals surface area contributed by atoms with Crippen LogP contribution in [-0.2, 0) is 0 Å². The number of halogens is 5. The van der Waals surface area contributed by atoms with Gasteiger partial charge < -0.3 is 15.5 Å². The van der Waals surface area contributed by atoms with E-state index in [2.05, 4.69) is 9.89 Å². The molecule has 0 spiro atoms. The maximum absolute atomic E-state index is 13.0. The Balaban J connectivity index is 0.00000225. The maximum atomic E-state index is 13.0. The van der Waals surface area contributed by atoms with Crippen molar-refractivity contribution in [2.75, 3.05) is 37.6 Å². The van der Waals surface area contributed by atoms with Gasteiger partial charge in [0, 0.05) is 31.9 Å². The van der Waals surface area contributed by atoms with Crippen LogP contribution in [0.15, 0.2) is 29.3 Å². The molecule has 0 aromatic heterocycles. The summed E-state index contributed by atoms with van der Waals surface area (Å²) in [5.41, 5.74) is 5.13. The Kier molecular flexibility index (Phi) is 6.05. The molecule has 0 unspecified atom stereocenters. The first-order valence-electron chi connectivity index (χ1n) is 7.93. The second kappa shape index (κ2) is 7.55. The summed E-state index contributed by atoms with van der Waals surface area (Å²) in [5, 5.41) is 0. The van der Waals surface area contributed by atoms with Gasteiger partial charge in [-0.05, 0) is 37.1 Å². The number of aliphatic imine (C=N–C) groups is 1. The lowest BCUT2D eigenvalue weighted by atomic mass is 10.1. The molecule has 2 aliphatic rings. The summed E-state index contributed by atoms with van der Waals surface area (Å²) in [5.74, 6) is -0.114. The molecule has 1 saturated heterocycles. The molecule has 9 heteroatoms. The van der Waals surface area contributed by atoms with Crippen molar-refractivity contribution < 1.29 is 17.6 Å². The fourth-order valence-corrected chi connectivity index (χ4v) is 2.86. The van der Waals surface area contributed by atoms with Crippen LogP contribution in [0.1, 0.15) is 12.8 Å². The van der Waals surface area contributed by atoms with E-state index in [0.717, 1.165) is 5.69 Å². The van der Waals surface area contributed by atoms with Crippen LogP contribution in [0.5, 0.6) is 0 Å². The van der Waals surface area contributed by atoms with Crippen LogP contribution in [0.25, 0.3) is 0 Å². The van der Waals surface area contributed by atoms with Gasteiger partial charge in [0.05, 0.1) is 12.0 Å². The van der Waals surface area contributed by atoms with Crippen LogP contribution in [-0.4, -0.2) is 49.8 Å². The van der Waals surface area contributed by atoms with Gasteiger partial charge in [-0.25, -0.2) is 4.39 Å². The standard InChI is InChI=1S/C16H20F4N4.HI/c17-12-1-3-13(4-2-12)23-7-9-24(10-8-23)14(21)22-11-15(5-6-15)16(18,19)20;/h1-4H,5-11H2,(H2,21,22);1H. The molecule has 1 aromatic rings. The first-order valence-corrected chi connectivity index (χ1v) is 7.93. The van der Waals surface area contributed by atoms with E-state index in [1.54, 1.807) is 17.0 Å². The Morgan fingerprint density at radius 3 is 2.12 bits per heavy atom. The zero-order valence-electron chi connectivity index (χ0n) is 13.6. The molecule has 1 aromatic carbocycles. The Labute approximate surface area is 161 Å². The van der Waals surface area contributed by atoms with Gasteiger partial charge in [0.15, 0.2) is 5.96 Å². The Morgan fingerprint density at radius 1 is 1.08 bits per heavy atom. The Bertz CT molecular complexity index is 606. The molecule has 0 radical (unpaired) electrons.